The number of halogens is 1. The smallest absolute Gasteiger partial charge is 0.261 e. The summed E-state index contributed by atoms with van der Waals surface area (Å²) in [6.07, 6.45) is 0.884. The molecule has 0 aliphatic carbocycles. The molecule has 2 heterocycles. The third-order valence-electron chi connectivity index (χ3n) is 3.73. The quantitative estimate of drug-likeness (QED) is 0.675. The third-order valence-corrected chi connectivity index (χ3v) is 4.84. The Kier molecular flexibility index (Phi) is 4.92. The van der Waals surface area contributed by atoms with E-state index in [1.807, 2.05) is 20.0 Å². The maximum absolute atomic E-state index is 13.1. The fraction of sp³-hybridized carbons (Fsp3) is 0.294. The molecule has 126 valence electrons. The van der Waals surface area contributed by atoms with E-state index in [1.165, 1.54) is 23.5 Å². The van der Waals surface area contributed by atoms with Crippen LogP contribution in [-0.4, -0.2) is 35.8 Å². The molecule has 2 N–H and O–H groups in total. The van der Waals surface area contributed by atoms with E-state index >= 15 is 0 Å². The van der Waals surface area contributed by atoms with Crippen molar-refractivity contribution in [1.82, 2.24) is 20.4 Å². The van der Waals surface area contributed by atoms with Crippen molar-refractivity contribution in [2.45, 2.75) is 13.3 Å². The standard InChI is InChI=1S/C17H19FN4OS/c1-11-14-10-15(16(23)20-9-3-8-19-2)24-17(14)22(21-11)13-6-4-12(18)5-7-13/h4-7,10,19H,3,8-9H2,1-2H3,(H,20,23). The average molecular weight is 346 g/mol. The van der Waals surface area contributed by atoms with E-state index in [4.69, 9.17) is 0 Å². The number of rotatable bonds is 6. The molecular weight excluding hydrogens is 327 g/mol. The van der Waals surface area contributed by atoms with Crippen molar-refractivity contribution in [3.63, 3.8) is 0 Å². The second kappa shape index (κ2) is 7.11. The van der Waals surface area contributed by atoms with Gasteiger partial charge in [-0.2, -0.15) is 5.10 Å². The number of carbonyl (C=O) groups excluding carboxylic acids is 1. The minimum absolute atomic E-state index is 0.0719. The summed E-state index contributed by atoms with van der Waals surface area (Å²) in [6, 6.07) is 8.04. The number of nitrogens with zero attached hydrogens (tertiary/aromatic N) is 2. The topological polar surface area (TPSA) is 58.9 Å². The van der Waals surface area contributed by atoms with Gasteiger partial charge in [-0.05, 0) is 57.3 Å². The van der Waals surface area contributed by atoms with Crippen LogP contribution in [0.5, 0.6) is 0 Å². The Morgan fingerprint density at radius 2 is 2.04 bits per heavy atom. The van der Waals surface area contributed by atoms with Gasteiger partial charge in [0.1, 0.15) is 10.6 Å². The number of fused-ring (bicyclic) bond motifs is 1. The van der Waals surface area contributed by atoms with E-state index in [2.05, 4.69) is 15.7 Å². The Morgan fingerprint density at radius 1 is 1.29 bits per heavy atom. The highest BCUT2D eigenvalue weighted by atomic mass is 32.1. The molecule has 7 heteroatoms. The average Bonchev–Trinajstić information content (AvgIpc) is 3.13. The number of nitrogens with one attached hydrogen (secondary N) is 2. The van der Waals surface area contributed by atoms with E-state index in [0.29, 0.717) is 11.4 Å². The Morgan fingerprint density at radius 3 is 2.75 bits per heavy atom. The first-order chi connectivity index (χ1) is 11.6. The maximum Gasteiger partial charge on any atom is 0.261 e. The molecule has 0 saturated heterocycles. The minimum Gasteiger partial charge on any atom is -0.351 e. The first-order valence-electron chi connectivity index (χ1n) is 7.78. The van der Waals surface area contributed by atoms with Crippen LogP contribution in [0.2, 0.25) is 0 Å². The summed E-state index contributed by atoms with van der Waals surface area (Å²) < 4.78 is 14.9. The SMILES string of the molecule is CNCCCNC(=O)c1cc2c(C)nn(-c3ccc(F)cc3)c2s1. The van der Waals surface area contributed by atoms with Crippen molar-refractivity contribution < 1.29 is 9.18 Å². The zero-order chi connectivity index (χ0) is 17.1. The van der Waals surface area contributed by atoms with Crippen molar-refractivity contribution in [2.75, 3.05) is 20.1 Å². The number of thiophene rings is 1. The largest absolute Gasteiger partial charge is 0.351 e. The summed E-state index contributed by atoms with van der Waals surface area (Å²) in [5.74, 6) is -0.357. The van der Waals surface area contributed by atoms with Crippen LogP contribution in [0.4, 0.5) is 4.39 Å². The van der Waals surface area contributed by atoms with Gasteiger partial charge in [0.05, 0.1) is 16.3 Å². The first-order valence-corrected chi connectivity index (χ1v) is 8.59. The van der Waals surface area contributed by atoms with Crippen LogP contribution in [-0.2, 0) is 0 Å². The number of hydrogen-bond donors (Lipinski definition) is 2. The predicted molar refractivity (Wildman–Crippen MR) is 94.5 cm³/mol. The van der Waals surface area contributed by atoms with Gasteiger partial charge in [0.15, 0.2) is 0 Å². The van der Waals surface area contributed by atoms with Crippen molar-refractivity contribution in [3.8, 4) is 5.69 Å². The van der Waals surface area contributed by atoms with Gasteiger partial charge < -0.3 is 10.6 Å². The normalized spacial score (nSPS) is 11.1. The van der Waals surface area contributed by atoms with Gasteiger partial charge in [0.25, 0.3) is 5.91 Å². The number of benzene rings is 1. The zero-order valence-corrected chi connectivity index (χ0v) is 14.4. The molecule has 0 atom stereocenters. The number of carbonyl (C=O) groups is 1. The van der Waals surface area contributed by atoms with Gasteiger partial charge in [-0.15, -0.1) is 11.3 Å². The molecule has 1 aromatic carbocycles. The number of amides is 1. The molecule has 0 aliphatic heterocycles. The van der Waals surface area contributed by atoms with Gasteiger partial charge in [-0.3, -0.25) is 4.79 Å². The van der Waals surface area contributed by atoms with Crippen LogP contribution in [0.15, 0.2) is 30.3 Å². The number of hydrogen-bond acceptors (Lipinski definition) is 4. The van der Waals surface area contributed by atoms with Crippen LogP contribution in [0.3, 0.4) is 0 Å². The molecule has 0 fully saturated rings. The summed E-state index contributed by atoms with van der Waals surface area (Å²) >= 11 is 1.39. The molecule has 0 bridgehead atoms. The molecule has 3 rings (SSSR count). The molecule has 5 nitrogen and oxygen atoms in total. The zero-order valence-electron chi connectivity index (χ0n) is 13.6. The first kappa shape index (κ1) is 16.6. The Hall–Kier alpha value is -2.25. The van der Waals surface area contributed by atoms with Crippen LogP contribution < -0.4 is 10.6 Å². The van der Waals surface area contributed by atoms with Crippen molar-refractivity contribution in [3.05, 3.63) is 46.7 Å². The van der Waals surface area contributed by atoms with Crippen molar-refractivity contribution >= 4 is 27.5 Å². The summed E-state index contributed by atoms with van der Waals surface area (Å²) in [7, 11) is 1.89. The van der Waals surface area contributed by atoms with E-state index in [9.17, 15) is 9.18 Å². The summed E-state index contributed by atoms with van der Waals surface area (Å²) in [4.78, 5) is 13.8. The van der Waals surface area contributed by atoms with Crippen LogP contribution in [0, 0.1) is 12.7 Å². The molecule has 1 amide bonds. The second-order valence-corrected chi connectivity index (χ2v) is 6.55. The highest BCUT2D eigenvalue weighted by Gasteiger charge is 2.16. The highest BCUT2D eigenvalue weighted by molar-refractivity contribution is 7.20. The fourth-order valence-corrected chi connectivity index (χ4v) is 3.57. The van der Waals surface area contributed by atoms with E-state index in [-0.39, 0.29) is 11.7 Å². The van der Waals surface area contributed by atoms with Gasteiger partial charge in [0.2, 0.25) is 0 Å². The summed E-state index contributed by atoms with van der Waals surface area (Å²) in [6.45, 7) is 3.41. The molecule has 0 aliphatic rings. The van der Waals surface area contributed by atoms with Gasteiger partial charge in [-0.25, -0.2) is 9.07 Å². The molecule has 3 aromatic rings. The van der Waals surface area contributed by atoms with Crippen molar-refractivity contribution in [2.24, 2.45) is 0 Å². The second-order valence-electron chi connectivity index (χ2n) is 5.52. The van der Waals surface area contributed by atoms with E-state index in [1.54, 1.807) is 16.8 Å². The lowest BCUT2D eigenvalue weighted by molar-refractivity contribution is 0.0957. The Labute approximate surface area is 143 Å². The summed E-state index contributed by atoms with van der Waals surface area (Å²) in [5.41, 5.74) is 1.62. The third kappa shape index (κ3) is 3.32. The number of aryl methyl sites for hydroxylation is 1. The van der Waals surface area contributed by atoms with E-state index < -0.39 is 0 Å². The molecule has 0 spiro atoms. The van der Waals surface area contributed by atoms with Gasteiger partial charge in [0, 0.05) is 11.9 Å². The molecule has 24 heavy (non-hydrogen) atoms. The monoisotopic (exact) mass is 346 g/mol. The van der Waals surface area contributed by atoms with Gasteiger partial charge >= 0.3 is 0 Å². The highest BCUT2D eigenvalue weighted by Crippen LogP contribution is 2.30. The number of aromatic nitrogens is 2. The molecular formula is C17H19FN4OS. The van der Waals surface area contributed by atoms with Crippen LogP contribution in [0.1, 0.15) is 21.8 Å². The van der Waals surface area contributed by atoms with Crippen molar-refractivity contribution in [1.29, 1.82) is 0 Å². The van der Waals surface area contributed by atoms with Crippen LogP contribution in [0.25, 0.3) is 15.9 Å². The lowest BCUT2D eigenvalue weighted by atomic mass is 10.3. The maximum atomic E-state index is 13.1. The minimum atomic E-state index is -0.285. The predicted octanol–water partition coefficient (Wildman–Crippen LogP) is 2.87. The Balaban J connectivity index is 1.87. The molecule has 0 saturated carbocycles. The fourth-order valence-electron chi connectivity index (χ4n) is 2.47. The molecule has 0 unspecified atom stereocenters. The molecule has 2 aromatic heterocycles. The Bertz CT molecular complexity index is 853. The lowest BCUT2D eigenvalue weighted by Gasteiger charge is -2.03. The van der Waals surface area contributed by atoms with Crippen LogP contribution >= 0.6 is 11.3 Å². The molecule has 0 radical (unpaired) electrons. The van der Waals surface area contributed by atoms with E-state index in [0.717, 1.165) is 34.6 Å². The summed E-state index contributed by atoms with van der Waals surface area (Å²) in [5, 5.41) is 11.4. The lowest BCUT2D eigenvalue weighted by Crippen LogP contribution is -2.25. The van der Waals surface area contributed by atoms with Gasteiger partial charge in [-0.1, -0.05) is 0 Å².